The Balaban J connectivity index is 2.74. The Morgan fingerprint density at radius 3 is 2.60 bits per heavy atom. The molecule has 0 aromatic heterocycles. The van der Waals surface area contributed by atoms with Gasteiger partial charge < -0.3 is 20.4 Å². The zero-order valence-corrected chi connectivity index (χ0v) is 12.6. The summed E-state index contributed by atoms with van der Waals surface area (Å²) in [6, 6.07) is 5.80. The zero-order chi connectivity index (χ0) is 15.2. The van der Waals surface area contributed by atoms with Gasteiger partial charge in [-0.15, -0.1) is 0 Å². The zero-order valence-electron chi connectivity index (χ0n) is 12.6. The van der Waals surface area contributed by atoms with Crippen molar-refractivity contribution in [1.82, 2.24) is 0 Å². The maximum atomic E-state index is 8.47. The summed E-state index contributed by atoms with van der Waals surface area (Å²) in [5.41, 5.74) is 6.48. The van der Waals surface area contributed by atoms with E-state index in [0.717, 1.165) is 17.1 Å². The average Bonchev–Trinajstić information content (AvgIpc) is 2.42. The standard InChI is InChI=1S/C15H24N2O3/c1-15(2,3)12-10-11(19-4)7-8-13(12)20-9-5-6-14(16)17-18/h7-8,10,18H,5-6,9H2,1-4H3,(H2,16,17). The minimum Gasteiger partial charge on any atom is -0.497 e. The van der Waals surface area contributed by atoms with Gasteiger partial charge >= 0.3 is 0 Å². The topological polar surface area (TPSA) is 77.1 Å². The van der Waals surface area contributed by atoms with Crippen molar-refractivity contribution < 1.29 is 14.7 Å². The number of rotatable bonds is 6. The summed E-state index contributed by atoms with van der Waals surface area (Å²) in [6.07, 6.45) is 1.21. The molecule has 0 aliphatic heterocycles. The van der Waals surface area contributed by atoms with Crippen LogP contribution in [0.3, 0.4) is 0 Å². The number of nitrogens with two attached hydrogens (primary N) is 1. The Kier molecular flexibility index (Phi) is 5.67. The van der Waals surface area contributed by atoms with Crippen molar-refractivity contribution in [2.45, 2.75) is 39.0 Å². The number of amidine groups is 1. The highest BCUT2D eigenvalue weighted by atomic mass is 16.5. The molecule has 5 heteroatoms. The predicted octanol–water partition coefficient (Wildman–Crippen LogP) is 2.90. The van der Waals surface area contributed by atoms with Gasteiger partial charge in [-0.2, -0.15) is 0 Å². The van der Waals surface area contributed by atoms with E-state index in [-0.39, 0.29) is 11.3 Å². The molecule has 0 spiro atoms. The number of nitrogens with zero attached hydrogens (tertiary/aromatic N) is 1. The van der Waals surface area contributed by atoms with Crippen LogP contribution in [0.25, 0.3) is 0 Å². The summed E-state index contributed by atoms with van der Waals surface area (Å²) in [4.78, 5) is 0. The van der Waals surface area contributed by atoms with Crippen LogP contribution in [0.5, 0.6) is 11.5 Å². The first-order chi connectivity index (χ1) is 9.38. The van der Waals surface area contributed by atoms with Crippen LogP contribution in [-0.4, -0.2) is 24.8 Å². The van der Waals surface area contributed by atoms with Gasteiger partial charge in [-0.05, 0) is 30.0 Å². The molecule has 0 aliphatic rings. The van der Waals surface area contributed by atoms with Crippen LogP contribution in [-0.2, 0) is 5.41 Å². The lowest BCUT2D eigenvalue weighted by Crippen LogP contribution is -2.15. The van der Waals surface area contributed by atoms with Gasteiger partial charge in [0, 0.05) is 12.0 Å². The van der Waals surface area contributed by atoms with E-state index in [2.05, 4.69) is 25.9 Å². The highest BCUT2D eigenvalue weighted by molar-refractivity contribution is 5.79. The van der Waals surface area contributed by atoms with E-state index in [9.17, 15) is 0 Å². The van der Waals surface area contributed by atoms with E-state index in [1.807, 2.05) is 18.2 Å². The van der Waals surface area contributed by atoms with Gasteiger partial charge in [0.1, 0.15) is 17.3 Å². The molecule has 3 N–H and O–H groups in total. The lowest BCUT2D eigenvalue weighted by Gasteiger charge is -2.23. The molecule has 0 saturated heterocycles. The van der Waals surface area contributed by atoms with Gasteiger partial charge in [0.25, 0.3) is 0 Å². The van der Waals surface area contributed by atoms with Gasteiger partial charge in [0.15, 0.2) is 0 Å². The minimum absolute atomic E-state index is 0.0323. The maximum Gasteiger partial charge on any atom is 0.139 e. The summed E-state index contributed by atoms with van der Waals surface area (Å²) in [5.74, 6) is 1.89. The van der Waals surface area contributed by atoms with Crippen molar-refractivity contribution in [3.05, 3.63) is 23.8 Å². The second-order valence-electron chi connectivity index (χ2n) is 5.66. The summed E-state index contributed by atoms with van der Waals surface area (Å²) in [6.45, 7) is 6.91. The molecule has 0 fully saturated rings. The van der Waals surface area contributed by atoms with Crippen LogP contribution in [0.2, 0.25) is 0 Å². The number of benzene rings is 1. The minimum atomic E-state index is -0.0323. The molecular formula is C15H24N2O3. The number of hydrogen-bond donors (Lipinski definition) is 2. The van der Waals surface area contributed by atoms with Crippen LogP contribution in [0.15, 0.2) is 23.4 Å². The number of hydrogen-bond acceptors (Lipinski definition) is 4. The normalized spacial score (nSPS) is 12.3. The summed E-state index contributed by atoms with van der Waals surface area (Å²) in [5, 5.41) is 11.4. The molecule has 0 radical (unpaired) electrons. The van der Waals surface area contributed by atoms with Gasteiger partial charge in [0.05, 0.1) is 13.7 Å². The van der Waals surface area contributed by atoms with Crippen molar-refractivity contribution in [2.75, 3.05) is 13.7 Å². The SMILES string of the molecule is COc1ccc(OCCC/C(N)=N/O)c(C(C)(C)C)c1. The molecule has 0 amide bonds. The first-order valence-corrected chi connectivity index (χ1v) is 6.66. The summed E-state index contributed by atoms with van der Waals surface area (Å²) in [7, 11) is 1.65. The lowest BCUT2D eigenvalue weighted by molar-refractivity contribution is 0.299. The number of ether oxygens (including phenoxy) is 2. The maximum absolute atomic E-state index is 8.47. The van der Waals surface area contributed by atoms with E-state index in [1.165, 1.54) is 0 Å². The van der Waals surface area contributed by atoms with Crippen molar-refractivity contribution in [2.24, 2.45) is 10.9 Å². The average molecular weight is 280 g/mol. The first kappa shape index (κ1) is 16.1. The van der Waals surface area contributed by atoms with Crippen molar-refractivity contribution >= 4 is 5.84 Å². The Morgan fingerprint density at radius 2 is 2.05 bits per heavy atom. The predicted molar refractivity (Wildman–Crippen MR) is 79.8 cm³/mol. The molecule has 112 valence electrons. The summed E-state index contributed by atoms with van der Waals surface area (Å²) < 4.78 is 11.1. The largest absolute Gasteiger partial charge is 0.497 e. The third kappa shape index (κ3) is 4.64. The van der Waals surface area contributed by atoms with Crippen LogP contribution in [0.4, 0.5) is 0 Å². The summed E-state index contributed by atoms with van der Waals surface area (Å²) >= 11 is 0. The van der Waals surface area contributed by atoms with E-state index in [1.54, 1.807) is 7.11 Å². The highest BCUT2D eigenvalue weighted by Gasteiger charge is 2.19. The smallest absolute Gasteiger partial charge is 0.139 e. The second kappa shape index (κ2) is 7.03. The third-order valence-electron chi connectivity index (χ3n) is 2.96. The number of oxime groups is 1. The molecule has 0 saturated carbocycles. The second-order valence-corrected chi connectivity index (χ2v) is 5.66. The Bertz CT molecular complexity index is 465. The van der Waals surface area contributed by atoms with Crippen LogP contribution >= 0.6 is 0 Å². The van der Waals surface area contributed by atoms with Crippen molar-refractivity contribution in [3.63, 3.8) is 0 Å². The monoisotopic (exact) mass is 280 g/mol. The highest BCUT2D eigenvalue weighted by Crippen LogP contribution is 2.34. The van der Waals surface area contributed by atoms with Gasteiger partial charge in [-0.3, -0.25) is 0 Å². The van der Waals surface area contributed by atoms with E-state index in [0.29, 0.717) is 19.4 Å². The van der Waals surface area contributed by atoms with E-state index >= 15 is 0 Å². The van der Waals surface area contributed by atoms with E-state index in [4.69, 9.17) is 20.4 Å². The Hall–Kier alpha value is -1.91. The Morgan fingerprint density at radius 1 is 1.35 bits per heavy atom. The van der Waals surface area contributed by atoms with Crippen LogP contribution in [0.1, 0.15) is 39.2 Å². The van der Waals surface area contributed by atoms with Crippen LogP contribution < -0.4 is 15.2 Å². The molecule has 1 rings (SSSR count). The molecule has 0 aliphatic carbocycles. The fourth-order valence-electron chi connectivity index (χ4n) is 1.83. The fraction of sp³-hybridized carbons (Fsp3) is 0.533. The first-order valence-electron chi connectivity index (χ1n) is 6.66. The molecule has 0 unspecified atom stereocenters. The van der Waals surface area contributed by atoms with Crippen molar-refractivity contribution in [3.8, 4) is 11.5 Å². The van der Waals surface area contributed by atoms with Gasteiger partial charge in [-0.1, -0.05) is 25.9 Å². The lowest BCUT2D eigenvalue weighted by atomic mass is 9.86. The Labute approximate surface area is 120 Å². The van der Waals surface area contributed by atoms with Crippen molar-refractivity contribution in [1.29, 1.82) is 0 Å². The molecule has 0 bridgehead atoms. The van der Waals surface area contributed by atoms with Gasteiger partial charge in [-0.25, -0.2) is 0 Å². The molecule has 5 nitrogen and oxygen atoms in total. The molecule has 1 aromatic rings. The van der Waals surface area contributed by atoms with Gasteiger partial charge in [0.2, 0.25) is 0 Å². The molecular weight excluding hydrogens is 256 g/mol. The van der Waals surface area contributed by atoms with E-state index < -0.39 is 0 Å². The molecule has 1 aromatic carbocycles. The fourth-order valence-corrected chi connectivity index (χ4v) is 1.83. The molecule has 20 heavy (non-hydrogen) atoms. The molecule has 0 heterocycles. The number of methoxy groups -OCH3 is 1. The quantitative estimate of drug-likeness (QED) is 0.276. The molecule has 0 atom stereocenters. The van der Waals surface area contributed by atoms with Crippen LogP contribution in [0, 0.1) is 0 Å². The third-order valence-corrected chi connectivity index (χ3v) is 2.96.